The topological polar surface area (TPSA) is 76.0 Å². The molecule has 0 heterocycles. The van der Waals surface area contributed by atoms with Crippen molar-refractivity contribution in [3.63, 3.8) is 0 Å². The highest BCUT2D eigenvalue weighted by Gasteiger charge is 2.17. The number of rotatable bonds is 8. The van der Waals surface area contributed by atoms with Crippen LogP contribution in [0, 0.1) is 0 Å². The summed E-state index contributed by atoms with van der Waals surface area (Å²) in [6.45, 7) is 4.72. The first-order valence-corrected chi connectivity index (χ1v) is 7.27. The van der Waals surface area contributed by atoms with Gasteiger partial charge in [-0.15, -0.1) is 0 Å². The molecular weight excluding hydrogens is 328 g/mol. The quantitative estimate of drug-likeness (QED) is 0.756. The smallest absolute Gasteiger partial charge is 0.303 e. The van der Waals surface area contributed by atoms with Gasteiger partial charge in [0.05, 0.1) is 19.3 Å². The van der Waals surface area contributed by atoms with Crippen LogP contribution in [0.3, 0.4) is 0 Å². The van der Waals surface area contributed by atoms with Crippen molar-refractivity contribution < 1.29 is 24.5 Å². The molecule has 2 N–H and O–H groups in total. The second-order valence-corrected chi connectivity index (χ2v) is 4.99. The SMILES string of the molecule is CCOc1cc(Br)c(C(O)CCC(=O)O)cc1OCC. The Bertz CT molecular complexity index is 461. The number of halogens is 1. The lowest BCUT2D eigenvalue weighted by Gasteiger charge is -2.17. The van der Waals surface area contributed by atoms with Crippen LogP contribution in [0.2, 0.25) is 0 Å². The molecule has 112 valence electrons. The Labute approximate surface area is 126 Å². The average molecular weight is 347 g/mol. The van der Waals surface area contributed by atoms with E-state index in [0.717, 1.165) is 0 Å². The van der Waals surface area contributed by atoms with Gasteiger partial charge in [-0.25, -0.2) is 0 Å². The number of carboxylic acids is 1. The monoisotopic (exact) mass is 346 g/mol. The van der Waals surface area contributed by atoms with Crippen molar-refractivity contribution in [1.29, 1.82) is 0 Å². The van der Waals surface area contributed by atoms with E-state index >= 15 is 0 Å². The number of carboxylic acid groups (broad SMARTS) is 1. The molecule has 0 aliphatic carbocycles. The summed E-state index contributed by atoms with van der Waals surface area (Å²) in [7, 11) is 0. The molecule has 0 aromatic heterocycles. The largest absolute Gasteiger partial charge is 0.490 e. The van der Waals surface area contributed by atoms with E-state index in [2.05, 4.69) is 15.9 Å². The lowest BCUT2D eigenvalue weighted by molar-refractivity contribution is -0.137. The summed E-state index contributed by atoms with van der Waals surface area (Å²) in [4.78, 5) is 10.6. The highest BCUT2D eigenvalue weighted by atomic mass is 79.9. The number of carbonyl (C=O) groups is 1. The van der Waals surface area contributed by atoms with Crippen molar-refractivity contribution >= 4 is 21.9 Å². The van der Waals surface area contributed by atoms with Crippen LogP contribution in [-0.2, 0) is 4.79 Å². The predicted octanol–water partition coefficient (Wildman–Crippen LogP) is 3.14. The fourth-order valence-electron chi connectivity index (χ4n) is 1.76. The maximum atomic E-state index is 10.6. The van der Waals surface area contributed by atoms with Gasteiger partial charge in [-0.05, 0) is 38.0 Å². The molecule has 0 amide bonds. The third-order valence-electron chi connectivity index (χ3n) is 2.65. The highest BCUT2D eigenvalue weighted by Crippen LogP contribution is 2.37. The molecule has 1 atom stereocenters. The average Bonchev–Trinajstić information content (AvgIpc) is 2.39. The van der Waals surface area contributed by atoms with Crippen LogP contribution in [0.15, 0.2) is 16.6 Å². The van der Waals surface area contributed by atoms with Gasteiger partial charge in [-0.3, -0.25) is 4.79 Å². The van der Waals surface area contributed by atoms with Crippen molar-refractivity contribution in [3.05, 3.63) is 22.2 Å². The molecule has 1 aromatic carbocycles. The summed E-state index contributed by atoms with van der Waals surface area (Å²) in [6, 6.07) is 3.42. The van der Waals surface area contributed by atoms with Gasteiger partial charge in [0.25, 0.3) is 0 Å². The Hall–Kier alpha value is -1.27. The summed E-state index contributed by atoms with van der Waals surface area (Å²) in [6.07, 6.45) is -0.812. The zero-order valence-corrected chi connectivity index (χ0v) is 13.1. The Balaban J connectivity index is 3.00. The van der Waals surface area contributed by atoms with Crippen molar-refractivity contribution in [2.45, 2.75) is 32.8 Å². The Kier molecular flexibility index (Phi) is 6.81. The molecule has 20 heavy (non-hydrogen) atoms. The minimum absolute atomic E-state index is 0.0925. The van der Waals surface area contributed by atoms with E-state index in [1.807, 2.05) is 13.8 Å². The maximum Gasteiger partial charge on any atom is 0.303 e. The van der Waals surface area contributed by atoms with Crippen molar-refractivity contribution in [1.82, 2.24) is 0 Å². The van der Waals surface area contributed by atoms with Gasteiger partial charge in [-0.1, -0.05) is 15.9 Å². The Morgan fingerprint density at radius 3 is 2.30 bits per heavy atom. The maximum absolute atomic E-state index is 10.6. The molecular formula is C14H19BrO5. The Morgan fingerprint density at radius 2 is 1.80 bits per heavy atom. The summed E-state index contributed by atoms with van der Waals surface area (Å²) < 4.78 is 11.6. The molecule has 6 heteroatoms. The van der Waals surface area contributed by atoms with Gasteiger partial charge in [0.15, 0.2) is 11.5 Å². The summed E-state index contributed by atoms with van der Waals surface area (Å²) in [5, 5.41) is 18.7. The molecule has 0 aliphatic rings. The zero-order valence-electron chi connectivity index (χ0n) is 11.6. The third-order valence-corrected chi connectivity index (χ3v) is 3.34. The van der Waals surface area contributed by atoms with Crippen LogP contribution in [0.5, 0.6) is 11.5 Å². The fourth-order valence-corrected chi connectivity index (χ4v) is 2.35. The minimum Gasteiger partial charge on any atom is -0.490 e. The van der Waals surface area contributed by atoms with E-state index in [-0.39, 0.29) is 12.8 Å². The molecule has 5 nitrogen and oxygen atoms in total. The molecule has 0 fully saturated rings. The van der Waals surface area contributed by atoms with E-state index in [1.165, 1.54) is 0 Å². The normalized spacial score (nSPS) is 12.0. The molecule has 0 saturated heterocycles. The van der Waals surface area contributed by atoms with Crippen LogP contribution in [-0.4, -0.2) is 29.4 Å². The molecule has 0 bridgehead atoms. The number of ether oxygens (including phenoxy) is 2. The molecule has 0 radical (unpaired) electrons. The number of hydrogen-bond acceptors (Lipinski definition) is 4. The molecule has 0 spiro atoms. The molecule has 1 aromatic rings. The van der Waals surface area contributed by atoms with Crippen molar-refractivity contribution in [2.24, 2.45) is 0 Å². The van der Waals surface area contributed by atoms with Gasteiger partial charge in [0.1, 0.15) is 0 Å². The molecule has 0 aliphatic heterocycles. The summed E-state index contributed by atoms with van der Waals surface area (Å²) >= 11 is 3.37. The van der Waals surface area contributed by atoms with E-state index < -0.39 is 12.1 Å². The van der Waals surface area contributed by atoms with Crippen molar-refractivity contribution in [2.75, 3.05) is 13.2 Å². The van der Waals surface area contributed by atoms with Crippen LogP contribution in [0.4, 0.5) is 0 Å². The van der Waals surface area contributed by atoms with Crippen LogP contribution < -0.4 is 9.47 Å². The van der Waals surface area contributed by atoms with Gasteiger partial charge in [0.2, 0.25) is 0 Å². The van der Waals surface area contributed by atoms with E-state index in [0.29, 0.717) is 34.7 Å². The molecule has 1 rings (SSSR count). The number of hydrogen-bond donors (Lipinski definition) is 2. The first-order chi connectivity index (χ1) is 9.49. The molecule has 1 unspecified atom stereocenters. The molecule has 0 saturated carbocycles. The van der Waals surface area contributed by atoms with Crippen LogP contribution in [0.1, 0.15) is 38.4 Å². The number of benzene rings is 1. The summed E-state index contributed by atoms with van der Waals surface area (Å²) in [5.41, 5.74) is 0.596. The standard InChI is InChI=1S/C14H19BrO5/c1-3-19-12-7-9(11(16)5-6-14(17)18)10(15)8-13(12)20-4-2/h7-8,11,16H,3-6H2,1-2H3,(H,17,18). The van der Waals surface area contributed by atoms with Gasteiger partial charge >= 0.3 is 5.97 Å². The summed E-state index contributed by atoms with van der Waals surface area (Å²) in [5.74, 6) is 0.202. The first kappa shape index (κ1) is 16.8. The zero-order chi connectivity index (χ0) is 15.1. The highest BCUT2D eigenvalue weighted by molar-refractivity contribution is 9.10. The Morgan fingerprint density at radius 1 is 1.25 bits per heavy atom. The number of aliphatic carboxylic acids is 1. The van der Waals surface area contributed by atoms with Crippen molar-refractivity contribution in [3.8, 4) is 11.5 Å². The van der Waals surface area contributed by atoms with E-state index in [9.17, 15) is 9.90 Å². The van der Waals surface area contributed by atoms with Gasteiger partial charge in [0, 0.05) is 10.9 Å². The number of aliphatic hydroxyl groups excluding tert-OH is 1. The minimum atomic E-state index is -0.934. The van der Waals surface area contributed by atoms with Gasteiger partial charge < -0.3 is 19.7 Å². The fraction of sp³-hybridized carbons (Fsp3) is 0.500. The third kappa shape index (κ3) is 4.68. The van der Waals surface area contributed by atoms with Gasteiger partial charge in [-0.2, -0.15) is 0 Å². The number of aliphatic hydroxyl groups is 1. The lowest BCUT2D eigenvalue weighted by Crippen LogP contribution is -2.05. The van der Waals surface area contributed by atoms with Crippen LogP contribution in [0.25, 0.3) is 0 Å². The predicted molar refractivity (Wildman–Crippen MR) is 78.3 cm³/mol. The second kappa shape index (κ2) is 8.11. The van der Waals surface area contributed by atoms with Crippen LogP contribution >= 0.6 is 15.9 Å². The van der Waals surface area contributed by atoms with E-state index in [1.54, 1.807) is 12.1 Å². The van der Waals surface area contributed by atoms with E-state index in [4.69, 9.17) is 14.6 Å². The second-order valence-electron chi connectivity index (χ2n) is 4.13. The first-order valence-electron chi connectivity index (χ1n) is 6.48. The lowest BCUT2D eigenvalue weighted by atomic mass is 10.0.